The van der Waals surface area contributed by atoms with E-state index < -0.39 is 0 Å². The number of oxazole rings is 1. The average Bonchev–Trinajstić information content (AvgIpc) is 2.63. The van der Waals surface area contributed by atoms with E-state index in [-0.39, 0.29) is 0 Å². The molecular weight excluding hydrogens is 166 g/mol. The van der Waals surface area contributed by atoms with E-state index in [1.807, 2.05) is 24.1 Å². The lowest BCUT2D eigenvalue weighted by Crippen LogP contribution is -2.16. The number of anilines is 1. The van der Waals surface area contributed by atoms with Gasteiger partial charge >= 0.3 is 0 Å². The number of hydrogen-bond acceptors (Lipinski definition) is 4. The molecule has 2 heterocycles. The summed E-state index contributed by atoms with van der Waals surface area (Å²) in [5.41, 5.74) is 1.39. The van der Waals surface area contributed by atoms with Gasteiger partial charge in [0.15, 0.2) is 6.39 Å². The Hall–Kier alpha value is -1.58. The Balaban J connectivity index is 2.48. The maximum Gasteiger partial charge on any atom is 0.248 e. The second kappa shape index (κ2) is 3.05. The zero-order valence-electron chi connectivity index (χ0n) is 7.69. The third kappa shape index (κ3) is 1.35. The van der Waals surface area contributed by atoms with Crippen LogP contribution >= 0.6 is 0 Å². The van der Waals surface area contributed by atoms with Crippen LogP contribution in [0.15, 0.2) is 22.9 Å². The van der Waals surface area contributed by atoms with Gasteiger partial charge in [-0.1, -0.05) is 0 Å². The monoisotopic (exact) mass is 177 g/mol. The number of rotatable bonds is 2. The molecule has 4 heteroatoms. The van der Waals surface area contributed by atoms with Crippen LogP contribution in [0.5, 0.6) is 0 Å². The summed E-state index contributed by atoms with van der Waals surface area (Å²) >= 11 is 0. The van der Waals surface area contributed by atoms with Crippen molar-refractivity contribution in [2.24, 2.45) is 0 Å². The van der Waals surface area contributed by atoms with Gasteiger partial charge < -0.3 is 9.32 Å². The lowest BCUT2D eigenvalue weighted by atomic mass is 10.4. The predicted octanol–water partition coefficient (Wildman–Crippen LogP) is 1.68. The van der Waals surface area contributed by atoms with Crippen molar-refractivity contribution < 1.29 is 4.42 Å². The van der Waals surface area contributed by atoms with Crippen molar-refractivity contribution in [2.45, 2.75) is 6.92 Å². The number of pyridine rings is 1. The lowest BCUT2D eigenvalue weighted by molar-refractivity contribution is 0.590. The first kappa shape index (κ1) is 8.04. The standard InChI is InChI=1S/C9H11N3O/c1-3-12(2)8-5-4-7-9(11-8)13-6-10-7/h4-6H,3H2,1-2H3. The van der Waals surface area contributed by atoms with Gasteiger partial charge in [-0.05, 0) is 19.1 Å². The molecule has 0 unspecified atom stereocenters. The van der Waals surface area contributed by atoms with E-state index in [1.54, 1.807) is 0 Å². The lowest BCUT2D eigenvalue weighted by Gasteiger charge is -2.14. The van der Waals surface area contributed by atoms with Crippen LogP contribution in [0, 0.1) is 0 Å². The van der Waals surface area contributed by atoms with Gasteiger partial charge in [0.1, 0.15) is 11.3 Å². The van der Waals surface area contributed by atoms with Gasteiger partial charge in [-0.15, -0.1) is 0 Å². The van der Waals surface area contributed by atoms with Gasteiger partial charge in [-0.25, -0.2) is 4.98 Å². The molecule has 0 amide bonds. The van der Waals surface area contributed by atoms with Gasteiger partial charge in [0, 0.05) is 13.6 Å². The predicted molar refractivity (Wildman–Crippen MR) is 50.7 cm³/mol. The normalized spacial score (nSPS) is 10.6. The number of fused-ring (bicyclic) bond motifs is 1. The minimum absolute atomic E-state index is 0.595. The smallest absolute Gasteiger partial charge is 0.248 e. The molecule has 0 aromatic carbocycles. The van der Waals surface area contributed by atoms with E-state index >= 15 is 0 Å². The Morgan fingerprint density at radius 1 is 1.46 bits per heavy atom. The van der Waals surface area contributed by atoms with Crippen LogP contribution in [0.2, 0.25) is 0 Å². The quantitative estimate of drug-likeness (QED) is 0.699. The number of nitrogens with zero attached hydrogens (tertiary/aromatic N) is 3. The second-order valence-corrected chi connectivity index (χ2v) is 2.86. The first-order valence-electron chi connectivity index (χ1n) is 4.22. The van der Waals surface area contributed by atoms with E-state index in [9.17, 15) is 0 Å². The van der Waals surface area contributed by atoms with Crippen LogP contribution in [0.1, 0.15) is 6.92 Å². The van der Waals surface area contributed by atoms with Crippen molar-refractivity contribution in [2.75, 3.05) is 18.5 Å². The first-order valence-corrected chi connectivity index (χ1v) is 4.22. The van der Waals surface area contributed by atoms with Crippen molar-refractivity contribution >= 4 is 17.0 Å². The molecule has 0 radical (unpaired) electrons. The molecule has 68 valence electrons. The number of aromatic nitrogens is 2. The minimum atomic E-state index is 0.595. The third-order valence-corrected chi connectivity index (χ3v) is 2.05. The third-order valence-electron chi connectivity index (χ3n) is 2.05. The van der Waals surface area contributed by atoms with Crippen LogP contribution in [0.25, 0.3) is 11.2 Å². The highest BCUT2D eigenvalue weighted by atomic mass is 16.3. The van der Waals surface area contributed by atoms with Crippen molar-refractivity contribution in [3.05, 3.63) is 18.5 Å². The average molecular weight is 177 g/mol. The SMILES string of the molecule is CCN(C)c1ccc2ncoc2n1. The summed E-state index contributed by atoms with van der Waals surface area (Å²) in [5, 5.41) is 0. The molecule has 0 saturated heterocycles. The summed E-state index contributed by atoms with van der Waals surface area (Å²) in [6.07, 6.45) is 1.41. The molecule has 0 bridgehead atoms. The molecule has 0 spiro atoms. The summed E-state index contributed by atoms with van der Waals surface area (Å²) in [5.74, 6) is 0.909. The Kier molecular flexibility index (Phi) is 1.88. The molecule has 0 atom stereocenters. The molecule has 4 nitrogen and oxygen atoms in total. The topological polar surface area (TPSA) is 42.2 Å². The summed E-state index contributed by atoms with van der Waals surface area (Å²) in [7, 11) is 1.99. The van der Waals surface area contributed by atoms with Gasteiger partial charge in [0.05, 0.1) is 0 Å². The van der Waals surface area contributed by atoms with Crippen LogP contribution in [-0.2, 0) is 0 Å². The van der Waals surface area contributed by atoms with E-state index in [4.69, 9.17) is 4.42 Å². The fraction of sp³-hybridized carbons (Fsp3) is 0.333. The maximum absolute atomic E-state index is 5.10. The zero-order chi connectivity index (χ0) is 9.26. The van der Waals surface area contributed by atoms with E-state index in [0.717, 1.165) is 17.9 Å². The van der Waals surface area contributed by atoms with Crippen molar-refractivity contribution in [3.8, 4) is 0 Å². The van der Waals surface area contributed by atoms with Gasteiger partial charge in [0.2, 0.25) is 5.71 Å². The zero-order valence-corrected chi connectivity index (χ0v) is 7.69. The summed E-state index contributed by atoms with van der Waals surface area (Å²) in [6.45, 7) is 3.00. The van der Waals surface area contributed by atoms with Crippen LogP contribution in [0.4, 0.5) is 5.82 Å². The molecule has 2 aromatic rings. The summed E-state index contributed by atoms with van der Waals surface area (Å²) < 4.78 is 5.10. The molecule has 0 aliphatic rings. The largest absolute Gasteiger partial charge is 0.425 e. The molecule has 0 saturated carbocycles. The Morgan fingerprint density at radius 2 is 2.31 bits per heavy atom. The highest BCUT2D eigenvalue weighted by Crippen LogP contribution is 2.15. The molecule has 2 rings (SSSR count). The highest BCUT2D eigenvalue weighted by molar-refractivity contribution is 5.70. The van der Waals surface area contributed by atoms with Gasteiger partial charge in [0.25, 0.3) is 0 Å². The van der Waals surface area contributed by atoms with E-state index in [1.165, 1.54) is 6.39 Å². The van der Waals surface area contributed by atoms with Crippen molar-refractivity contribution in [3.63, 3.8) is 0 Å². The highest BCUT2D eigenvalue weighted by Gasteiger charge is 2.03. The molecule has 13 heavy (non-hydrogen) atoms. The Morgan fingerprint density at radius 3 is 3.08 bits per heavy atom. The van der Waals surface area contributed by atoms with Crippen molar-refractivity contribution in [1.82, 2.24) is 9.97 Å². The van der Waals surface area contributed by atoms with Gasteiger partial charge in [-0.3, -0.25) is 0 Å². The minimum Gasteiger partial charge on any atom is -0.425 e. The molecule has 0 aliphatic heterocycles. The fourth-order valence-electron chi connectivity index (χ4n) is 1.12. The Bertz CT molecular complexity index is 410. The molecule has 0 fully saturated rings. The fourth-order valence-corrected chi connectivity index (χ4v) is 1.12. The van der Waals surface area contributed by atoms with E-state index in [0.29, 0.717) is 5.71 Å². The molecule has 0 N–H and O–H groups in total. The molecule has 0 aliphatic carbocycles. The maximum atomic E-state index is 5.10. The van der Waals surface area contributed by atoms with Gasteiger partial charge in [-0.2, -0.15) is 4.98 Å². The van der Waals surface area contributed by atoms with Crippen LogP contribution in [-0.4, -0.2) is 23.6 Å². The molecule has 2 aromatic heterocycles. The summed E-state index contributed by atoms with van der Waals surface area (Å²) in [6, 6.07) is 3.85. The summed E-state index contributed by atoms with van der Waals surface area (Å²) in [4.78, 5) is 10.3. The van der Waals surface area contributed by atoms with Crippen LogP contribution in [0.3, 0.4) is 0 Å². The molecular formula is C9H11N3O. The number of hydrogen-bond donors (Lipinski definition) is 0. The van der Waals surface area contributed by atoms with Crippen molar-refractivity contribution in [1.29, 1.82) is 0 Å². The van der Waals surface area contributed by atoms with E-state index in [2.05, 4.69) is 16.9 Å². The first-order chi connectivity index (χ1) is 6.31. The van der Waals surface area contributed by atoms with Crippen LogP contribution < -0.4 is 4.90 Å². The Labute approximate surface area is 76.2 Å². The second-order valence-electron chi connectivity index (χ2n) is 2.86.